The van der Waals surface area contributed by atoms with Crippen LogP contribution in [0.25, 0.3) is 0 Å². The molecule has 2 aromatic carbocycles. The van der Waals surface area contributed by atoms with E-state index in [2.05, 4.69) is 39.4 Å². The van der Waals surface area contributed by atoms with Gasteiger partial charge < -0.3 is 19.7 Å². The van der Waals surface area contributed by atoms with Gasteiger partial charge in [-0.15, -0.1) is 12.4 Å². The van der Waals surface area contributed by atoms with E-state index in [4.69, 9.17) is 9.47 Å². The molecule has 1 aliphatic heterocycles. The maximum absolute atomic E-state index is 11.4. The molecule has 1 N–H and O–H groups in total. The van der Waals surface area contributed by atoms with Crippen LogP contribution in [-0.2, 0) is 6.54 Å². The largest absolute Gasteiger partial charge is 0.493 e. The van der Waals surface area contributed by atoms with Crippen molar-refractivity contribution in [3.63, 3.8) is 0 Å². The molecule has 2 aromatic rings. The molecule has 0 atom stereocenters. The Balaban J connectivity index is 0.00000261. The predicted octanol–water partition coefficient (Wildman–Crippen LogP) is 3.16. The number of amides is 1. The molecule has 0 bridgehead atoms. The average Bonchev–Trinajstić information content (AvgIpc) is 2.70. The SMILES string of the molecule is CNC(=O)Oc1ccc(CN2CCN(c3ccccc3)CC2)cc1OC.Cl. The van der Waals surface area contributed by atoms with Crippen LogP contribution < -0.4 is 19.7 Å². The molecule has 1 heterocycles. The lowest BCUT2D eigenvalue weighted by Gasteiger charge is -2.36. The highest BCUT2D eigenvalue weighted by atomic mass is 35.5. The first-order valence-corrected chi connectivity index (χ1v) is 8.78. The first-order valence-electron chi connectivity index (χ1n) is 8.78. The molecular weight excluding hydrogens is 366 g/mol. The number of rotatable bonds is 5. The summed E-state index contributed by atoms with van der Waals surface area (Å²) in [6.45, 7) is 4.89. The van der Waals surface area contributed by atoms with Crippen LogP contribution in [0, 0.1) is 0 Å². The fourth-order valence-electron chi connectivity index (χ4n) is 3.11. The third-order valence-corrected chi connectivity index (χ3v) is 4.53. The highest BCUT2D eigenvalue weighted by Crippen LogP contribution is 2.29. The molecule has 146 valence electrons. The van der Waals surface area contributed by atoms with Crippen LogP contribution in [0.2, 0.25) is 0 Å². The second-order valence-electron chi connectivity index (χ2n) is 6.22. The van der Waals surface area contributed by atoms with Crippen LogP contribution in [0.3, 0.4) is 0 Å². The Hall–Kier alpha value is -2.44. The third kappa shape index (κ3) is 5.52. The fraction of sp³-hybridized carbons (Fsp3) is 0.350. The lowest BCUT2D eigenvalue weighted by atomic mass is 10.1. The number of hydrogen-bond acceptors (Lipinski definition) is 5. The molecule has 0 aliphatic carbocycles. The van der Waals surface area contributed by atoms with Gasteiger partial charge in [0.25, 0.3) is 0 Å². The van der Waals surface area contributed by atoms with Crippen LogP contribution in [0.4, 0.5) is 10.5 Å². The smallest absolute Gasteiger partial charge is 0.412 e. The van der Waals surface area contributed by atoms with Gasteiger partial charge in [0, 0.05) is 45.5 Å². The maximum Gasteiger partial charge on any atom is 0.412 e. The van der Waals surface area contributed by atoms with Crippen molar-refractivity contribution in [2.45, 2.75) is 6.54 Å². The summed E-state index contributed by atoms with van der Waals surface area (Å²) >= 11 is 0. The quantitative estimate of drug-likeness (QED) is 0.848. The number of nitrogens with one attached hydrogen (secondary N) is 1. The van der Waals surface area contributed by atoms with Crippen LogP contribution >= 0.6 is 12.4 Å². The Kier molecular flexibility index (Phi) is 7.76. The summed E-state index contributed by atoms with van der Waals surface area (Å²) < 4.78 is 10.6. The van der Waals surface area contributed by atoms with Gasteiger partial charge in [-0.1, -0.05) is 24.3 Å². The summed E-state index contributed by atoms with van der Waals surface area (Å²) in [5, 5.41) is 2.43. The number of methoxy groups -OCH3 is 1. The summed E-state index contributed by atoms with van der Waals surface area (Å²) in [5.74, 6) is 0.985. The van der Waals surface area contributed by atoms with Crippen LogP contribution in [0.15, 0.2) is 48.5 Å². The molecule has 1 saturated heterocycles. The lowest BCUT2D eigenvalue weighted by Crippen LogP contribution is -2.45. The van der Waals surface area contributed by atoms with Crippen LogP contribution in [0.1, 0.15) is 5.56 Å². The van der Waals surface area contributed by atoms with E-state index in [0.717, 1.165) is 38.3 Å². The monoisotopic (exact) mass is 391 g/mol. The normalized spacial score (nSPS) is 14.2. The van der Waals surface area contributed by atoms with E-state index < -0.39 is 6.09 Å². The number of carbonyl (C=O) groups excluding carboxylic acids is 1. The van der Waals surface area contributed by atoms with Gasteiger partial charge in [0.1, 0.15) is 0 Å². The Morgan fingerprint density at radius 3 is 2.37 bits per heavy atom. The molecular formula is C20H26ClN3O3. The van der Waals surface area contributed by atoms with E-state index in [1.54, 1.807) is 13.2 Å². The summed E-state index contributed by atoms with van der Waals surface area (Å²) in [5.41, 5.74) is 2.42. The summed E-state index contributed by atoms with van der Waals surface area (Å²) in [6, 6.07) is 16.2. The zero-order valence-electron chi connectivity index (χ0n) is 15.7. The van der Waals surface area contributed by atoms with Gasteiger partial charge >= 0.3 is 6.09 Å². The number of para-hydroxylation sites is 1. The molecule has 0 unspecified atom stereocenters. The first kappa shape index (κ1) is 20.9. The number of halogens is 1. The van der Waals surface area contributed by atoms with Crippen molar-refractivity contribution in [3.8, 4) is 11.5 Å². The zero-order valence-corrected chi connectivity index (χ0v) is 16.5. The van der Waals surface area contributed by atoms with Gasteiger partial charge in [0.2, 0.25) is 0 Å². The first-order chi connectivity index (χ1) is 12.7. The molecule has 7 heteroatoms. The van der Waals surface area contributed by atoms with Gasteiger partial charge in [-0.25, -0.2) is 4.79 Å². The van der Waals surface area contributed by atoms with E-state index in [1.165, 1.54) is 12.7 Å². The summed E-state index contributed by atoms with van der Waals surface area (Å²) in [7, 11) is 3.10. The number of piperazine rings is 1. The number of benzene rings is 2. The minimum Gasteiger partial charge on any atom is -0.493 e. The number of carbonyl (C=O) groups is 1. The average molecular weight is 392 g/mol. The molecule has 1 amide bonds. The van der Waals surface area contributed by atoms with E-state index in [1.807, 2.05) is 18.2 Å². The van der Waals surface area contributed by atoms with Gasteiger partial charge in [-0.05, 0) is 29.8 Å². The predicted molar refractivity (Wildman–Crippen MR) is 109 cm³/mol. The van der Waals surface area contributed by atoms with Crippen molar-refractivity contribution in [1.29, 1.82) is 0 Å². The number of anilines is 1. The second kappa shape index (κ2) is 10.0. The molecule has 27 heavy (non-hydrogen) atoms. The highest BCUT2D eigenvalue weighted by Gasteiger charge is 2.18. The number of nitrogens with zero attached hydrogens (tertiary/aromatic N) is 2. The Morgan fingerprint density at radius 1 is 1.04 bits per heavy atom. The Morgan fingerprint density at radius 2 is 1.74 bits per heavy atom. The Bertz CT molecular complexity index is 735. The van der Waals surface area contributed by atoms with E-state index in [-0.39, 0.29) is 12.4 Å². The van der Waals surface area contributed by atoms with Gasteiger partial charge in [-0.2, -0.15) is 0 Å². The van der Waals surface area contributed by atoms with Crippen molar-refractivity contribution in [3.05, 3.63) is 54.1 Å². The number of hydrogen-bond donors (Lipinski definition) is 1. The van der Waals surface area contributed by atoms with E-state index in [9.17, 15) is 4.79 Å². The van der Waals surface area contributed by atoms with Crippen molar-refractivity contribution in [1.82, 2.24) is 10.2 Å². The summed E-state index contributed by atoms with van der Waals surface area (Å²) in [6.07, 6.45) is -0.506. The standard InChI is InChI=1S/C20H25N3O3.ClH/c1-21-20(24)26-18-9-8-16(14-19(18)25-2)15-22-10-12-23(13-11-22)17-6-4-3-5-7-17;/h3-9,14H,10-13,15H2,1-2H3,(H,21,24);1H. The molecule has 0 aromatic heterocycles. The van der Waals surface area contributed by atoms with E-state index >= 15 is 0 Å². The van der Waals surface area contributed by atoms with Crippen molar-refractivity contribution in [2.75, 3.05) is 45.2 Å². The van der Waals surface area contributed by atoms with E-state index in [0.29, 0.717) is 11.5 Å². The molecule has 1 fully saturated rings. The molecule has 0 radical (unpaired) electrons. The molecule has 0 saturated carbocycles. The van der Waals surface area contributed by atoms with Crippen molar-refractivity contribution >= 4 is 24.2 Å². The van der Waals surface area contributed by atoms with Crippen LogP contribution in [-0.4, -0.2) is 51.3 Å². The maximum atomic E-state index is 11.4. The van der Waals surface area contributed by atoms with Gasteiger partial charge in [-0.3, -0.25) is 4.90 Å². The topological polar surface area (TPSA) is 54.0 Å². The number of ether oxygens (including phenoxy) is 2. The van der Waals surface area contributed by atoms with Gasteiger partial charge in [0.05, 0.1) is 7.11 Å². The highest BCUT2D eigenvalue weighted by molar-refractivity contribution is 5.85. The lowest BCUT2D eigenvalue weighted by molar-refractivity contribution is 0.200. The minimum absolute atomic E-state index is 0. The fourth-order valence-corrected chi connectivity index (χ4v) is 3.11. The zero-order chi connectivity index (χ0) is 18.4. The van der Waals surface area contributed by atoms with Crippen molar-refractivity contribution in [2.24, 2.45) is 0 Å². The minimum atomic E-state index is -0.506. The molecule has 0 spiro atoms. The third-order valence-electron chi connectivity index (χ3n) is 4.53. The molecule has 1 aliphatic rings. The van der Waals surface area contributed by atoms with Crippen molar-refractivity contribution < 1.29 is 14.3 Å². The van der Waals surface area contributed by atoms with Gasteiger partial charge in [0.15, 0.2) is 11.5 Å². The Labute approximate surface area is 166 Å². The van der Waals surface area contributed by atoms with Crippen LogP contribution in [0.5, 0.6) is 11.5 Å². The molecule has 6 nitrogen and oxygen atoms in total. The second-order valence-corrected chi connectivity index (χ2v) is 6.22. The summed E-state index contributed by atoms with van der Waals surface area (Å²) in [4.78, 5) is 16.2. The molecule has 3 rings (SSSR count).